The molecule has 178 valence electrons. The van der Waals surface area contributed by atoms with Gasteiger partial charge in [0.1, 0.15) is 19.2 Å². The smallest absolute Gasteiger partial charge is 0.134 e. The van der Waals surface area contributed by atoms with Crippen LogP contribution in [-0.2, 0) is 0 Å². The zero-order chi connectivity index (χ0) is 25.0. The molecule has 1 aliphatic heterocycles. The van der Waals surface area contributed by atoms with Gasteiger partial charge in [-0.25, -0.2) is 0 Å². The van der Waals surface area contributed by atoms with Crippen molar-refractivity contribution in [3.63, 3.8) is 0 Å². The zero-order valence-corrected chi connectivity index (χ0v) is 21.9. The molecule has 2 aromatic heterocycles. The average molecular weight is 495 g/mol. The third-order valence-corrected chi connectivity index (χ3v) is 11.2. The van der Waals surface area contributed by atoms with E-state index >= 15 is 0 Å². The number of allylic oxidation sites excluding steroid dienone is 2. The highest BCUT2D eigenvalue weighted by molar-refractivity contribution is 7.13. The van der Waals surface area contributed by atoms with Crippen molar-refractivity contribution in [2.24, 2.45) is 0 Å². The van der Waals surface area contributed by atoms with E-state index in [1.165, 1.54) is 43.8 Å². The lowest BCUT2D eigenvalue weighted by Crippen LogP contribution is -2.28. The van der Waals surface area contributed by atoms with Gasteiger partial charge in [0.25, 0.3) is 0 Å². The maximum absolute atomic E-state index is 6.13. The molecule has 0 saturated carbocycles. The summed E-state index contributed by atoms with van der Waals surface area (Å²) in [4.78, 5) is 0. The number of furan rings is 2. The van der Waals surface area contributed by atoms with Gasteiger partial charge in [0, 0.05) is 21.9 Å². The molecule has 0 fully saturated rings. The lowest BCUT2D eigenvalue weighted by atomic mass is 9.89. The molecule has 4 aromatic carbocycles. The number of para-hydroxylation sites is 2. The zero-order valence-electron chi connectivity index (χ0n) is 20.9. The Hall–Kier alpha value is -4.34. The molecule has 1 aliphatic rings. The second-order valence-corrected chi connectivity index (χ2v) is 14.4. The van der Waals surface area contributed by atoms with Crippen LogP contribution < -0.4 is 0 Å². The summed E-state index contributed by atoms with van der Waals surface area (Å²) in [5.41, 5.74) is 9.29. The molecule has 0 N–H and O–H groups in total. The van der Waals surface area contributed by atoms with Crippen LogP contribution in [0.2, 0.25) is 13.1 Å². The molecule has 0 saturated heterocycles. The van der Waals surface area contributed by atoms with E-state index in [1.807, 2.05) is 24.7 Å². The number of rotatable bonds is 4. The van der Waals surface area contributed by atoms with E-state index in [0.717, 1.165) is 21.9 Å². The van der Waals surface area contributed by atoms with Gasteiger partial charge in [0.05, 0.1) is 12.5 Å². The highest BCUT2D eigenvalue weighted by atomic mass is 28.3. The molecule has 7 rings (SSSR count). The minimum absolute atomic E-state index is 0.922. The maximum atomic E-state index is 6.13. The van der Waals surface area contributed by atoms with Gasteiger partial charge in [-0.3, -0.25) is 0 Å². The Morgan fingerprint density at radius 1 is 0.459 bits per heavy atom. The molecule has 0 bridgehead atoms. The fourth-order valence-corrected chi connectivity index (χ4v) is 9.85. The molecular formula is C34H26O2Si. The van der Waals surface area contributed by atoms with Gasteiger partial charge in [-0.1, -0.05) is 110 Å². The molecule has 6 aromatic rings. The lowest BCUT2D eigenvalue weighted by molar-refractivity contribution is 0.615. The van der Waals surface area contributed by atoms with E-state index in [4.69, 9.17) is 8.83 Å². The molecule has 0 radical (unpaired) electrons. The van der Waals surface area contributed by atoms with Gasteiger partial charge in [0.2, 0.25) is 0 Å². The number of fused-ring (bicyclic) bond motifs is 2. The van der Waals surface area contributed by atoms with Gasteiger partial charge in [0.15, 0.2) is 0 Å². The molecule has 3 heteroatoms. The highest BCUT2D eigenvalue weighted by Gasteiger charge is 2.45. The normalized spacial score (nSPS) is 15.3. The molecule has 0 unspecified atom stereocenters. The van der Waals surface area contributed by atoms with Crippen molar-refractivity contribution in [1.82, 2.24) is 0 Å². The molecule has 0 aliphatic carbocycles. The van der Waals surface area contributed by atoms with Crippen molar-refractivity contribution < 1.29 is 8.83 Å². The quantitative estimate of drug-likeness (QED) is 0.228. The number of hydrogen-bond acceptors (Lipinski definition) is 2. The second kappa shape index (κ2) is 8.36. The maximum Gasteiger partial charge on any atom is 0.134 e. The van der Waals surface area contributed by atoms with Crippen molar-refractivity contribution in [3.8, 4) is 0 Å². The Labute approximate surface area is 217 Å². The van der Waals surface area contributed by atoms with Crippen LogP contribution in [0.5, 0.6) is 0 Å². The average Bonchev–Trinajstić information content (AvgIpc) is 3.61. The monoisotopic (exact) mass is 494 g/mol. The van der Waals surface area contributed by atoms with Crippen molar-refractivity contribution in [1.29, 1.82) is 0 Å². The third kappa shape index (κ3) is 3.31. The van der Waals surface area contributed by atoms with Crippen molar-refractivity contribution >= 4 is 51.6 Å². The summed E-state index contributed by atoms with van der Waals surface area (Å²) in [7, 11) is -2.30. The highest BCUT2D eigenvalue weighted by Crippen LogP contribution is 2.57. The summed E-state index contributed by atoms with van der Waals surface area (Å²) in [6, 6.07) is 38.4. The van der Waals surface area contributed by atoms with Gasteiger partial charge < -0.3 is 8.83 Å². The minimum atomic E-state index is -2.30. The Morgan fingerprint density at radius 2 is 0.838 bits per heavy atom. The molecular weight excluding hydrogens is 468 g/mol. The van der Waals surface area contributed by atoms with E-state index in [-0.39, 0.29) is 0 Å². The van der Waals surface area contributed by atoms with E-state index in [9.17, 15) is 0 Å². The van der Waals surface area contributed by atoms with Crippen LogP contribution in [0.1, 0.15) is 22.3 Å². The number of benzene rings is 4. The fraction of sp³-hybridized carbons (Fsp3) is 0.0588. The van der Waals surface area contributed by atoms with Gasteiger partial charge in [-0.05, 0) is 44.8 Å². The Bertz CT molecular complexity index is 1700. The van der Waals surface area contributed by atoms with Crippen LogP contribution >= 0.6 is 0 Å². The molecule has 37 heavy (non-hydrogen) atoms. The largest absolute Gasteiger partial charge is 0.464 e. The molecule has 0 atom stereocenters. The topological polar surface area (TPSA) is 26.3 Å². The van der Waals surface area contributed by atoms with Gasteiger partial charge in [-0.2, -0.15) is 0 Å². The SMILES string of the molecule is C[Si]1(C)C(c2coc3ccccc23)=C(c2ccccc2)C(c2ccccc2)=C1c1coc2ccccc12. The van der Waals surface area contributed by atoms with Crippen molar-refractivity contribution in [3.05, 3.63) is 144 Å². The van der Waals surface area contributed by atoms with Gasteiger partial charge in [-0.15, -0.1) is 0 Å². The first-order chi connectivity index (χ1) is 18.1. The molecule has 2 nitrogen and oxygen atoms in total. The summed E-state index contributed by atoms with van der Waals surface area (Å²) in [5.74, 6) is 0. The lowest BCUT2D eigenvalue weighted by Gasteiger charge is -2.25. The first kappa shape index (κ1) is 21.9. The first-order valence-corrected chi connectivity index (χ1v) is 15.7. The summed E-state index contributed by atoms with van der Waals surface area (Å²) in [6.07, 6.45) is 3.94. The van der Waals surface area contributed by atoms with Crippen LogP contribution in [0.4, 0.5) is 0 Å². The summed E-state index contributed by atoms with van der Waals surface area (Å²) in [5, 5.41) is 5.14. The summed E-state index contributed by atoms with van der Waals surface area (Å²) >= 11 is 0. The van der Waals surface area contributed by atoms with Crippen LogP contribution in [0.3, 0.4) is 0 Å². The van der Waals surface area contributed by atoms with E-state index in [0.29, 0.717) is 0 Å². The molecule has 0 amide bonds. The van der Waals surface area contributed by atoms with Crippen LogP contribution in [0, 0.1) is 0 Å². The van der Waals surface area contributed by atoms with Crippen LogP contribution in [0.15, 0.2) is 131 Å². The fourth-order valence-electron chi connectivity index (χ4n) is 6.07. The molecule has 0 spiro atoms. The standard InChI is InChI=1S/C34H26O2Si/c1-37(2)33(27-21-35-29-19-11-9-17-25(27)29)31(23-13-5-3-6-14-23)32(24-15-7-4-8-16-24)34(37)28-22-36-30-20-12-10-18-26(28)30/h3-22H,1-2H3. The third-order valence-electron chi connectivity index (χ3n) is 7.63. The second-order valence-electron chi connectivity index (χ2n) is 10.1. The Morgan fingerprint density at radius 3 is 1.27 bits per heavy atom. The minimum Gasteiger partial charge on any atom is -0.464 e. The molecule has 3 heterocycles. The first-order valence-electron chi connectivity index (χ1n) is 12.7. The van der Waals surface area contributed by atoms with E-state index in [1.54, 1.807) is 0 Å². The van der Waals surface area contributed by atoms with Crippen LogP contribution in [0.25, 0.3) is 43.5 Å². The van der Waals surface area contributed by atoms with Gasteiger partial charge >= 0.3 is 0 Å². The predicted octanol–water partition coefficient (Wildman–Crippen LogP) is 9.50. The summed E-state index contributed by atoms with van der Waals surface area (Å²) < 4.78 is 12.3. The van der Waals surface area contributed by atoms with Crippen molar-refractivity contribution in [2.45, 2.75) is 13.1 Å². The summed E-state index contributed by atoms with van der Waals surface area (Å²) in [6.45, 7) is 4.94. The Kier molecular flexibility index (Phi) is 4.95. The van der Waals surface area contributed by atoms with Crippen molar-refractivity contribution in [2.75, 3.05) is 0 Å². The van der Waals surface area contributed by atoms with E-state index < -0.39 is 8.07 Å². The van der Waals surface area contributed by atoms with E-state index in [2.05, 4.69) is 110 Å². The van der Waals surface area contributed by atoms with Crippen LogP contribution in [-0.4, -0.2) is 8.07 Å². The predicted molar refractivity (Wildman–Crippen MR) is 156 cm³/mol. The Balaban J connectivity index is 1.64. The number of hydrogen-bond donors (Lipinski definition) is 0.